The van der Waals surface area contributed by atoms with E-state index in [1.54, 1.807) is 6.07 Å². The van der Waals surface area contributed by atoms with Crippen LogP contribution in [0.25, 0.3) is 0 Å². The number of ether oxygens (including phenoxy) is 1. The van der Waals surface area contributed by atoms with Crippen LogP contribution in [0.15, 0.2) is 24.5 Å². The van der Waals surface area contributed by atoms with E-state index in [2.05, 4.69) is 15.3 Å². The Morgan fingerprint density at radius 1 is 1.44 bits per heavy atom. The molecule has 0 aliphatic heterocycles. The number of methoxy groups -OCH3 is 1. The van der Waals surface area contributed by atoms with E-state index >= 15 is 0 Å². The molecule has 16 heavy (non-hydrogen) atoms. The summed E-state index contributed by atoms with van der Waals surface area (Å²) in [6.07, 6.45) is 7.00. The van der Waals surface area contributed by atoms with E-state index in [4.69, 9.17) is 4.74 Å². The largest absolute Gasteiger partial charge is 0.481 e. The maximum Gasteiger partial charge on any atom is 0.229 e. The summed E-state index contributed by atoms with van der Waals surface area (Å²) in [7, 11) is 1.52. The van der Waals surface area contributed by atoms with E-state index in [1.165, 1.54) is 13.4 Å². The number of nitrogens with zero attached hydrogens (tertiary/aromatic N) is 2. The Morgan fingerprint density at radius 2 is 2.19 bits per heavy atom. The van der Waals surface area contributed by atoms with Crippen molar-refractivity contribution in [2.75, 3.05) is 12.4 Å². The Kier molecular flexibility index (Phi) is 3.14. The van der Waals surface area contributed by atoms with Gasteiger partial charge in [0.2, 0.25) is 11.8 Å². The molecule has 84 valence electrons. The van der Waals surface area contributed by atoms with Crippen LogP contribution in [0.2, 0.25) is 0 Å². The number of anilines is 1. The van der Waals surface area contributed by atoms with Crippen molar-refractivity contribution >= 4 is 11.7 Å². The van der Waals surface area contributed by atoms with Crippen molar-refractivity contribution in [3.8, 4) is 5.88 Å². The van der Waals surface area contributed by atoms with Crippen LogP contribution in [0.5, 0.6) is 5.88 Å². The average Bonchev–Trinajstić information content (AvgIpc) is 2.83. The molecule has 1 N–H and O–H groups in total. The molecule has 0 aromatic carbocycles. The van der Waals surface area contributed by atoms with Crippen LogP contribution in [-0.4, -0.2) is 23.0 Å². The number of nitrogens with one attached hydrogen (secondary N) is 1. The Hall–Kier alpha value is -1.91. The molecule has 0 saturated heterocycles. The van der Waals surface area contributed by atoms with E-state index in [0.717, 1.165) is 12.8 Å². The van der Waals surface area contributed by atoms with Crippen LogP contribution in [0.4, 0.5) is 5.82 Å². The molecule has 5 heteroatoms. The summed E-state index contributed by atoms with van der Waals surface area (Å²) in [6, 6.07) is 1.60. The van der Waals surface area contributed by atoms with Crippen molar-refractivity contribution in [1.29, 1.82) is 0 Å². The molecule has 0 unspecified atom stereocenters. The van der Waals surface area contributed by atoms with E-state index < -0.39 is 0 Å². The molecule has 0 saturated carbocycles. The Balaban J connectivity index is 2.00. The molecule has 1 aliphatic carbocycles. The SMILES string of the molecule is COc1cc(NC(=O)C2CC=CC2)ncn1. The van der Waals surface area contributed by atoms with Gasteiger partial charge in [0.15, 0.2) is 0 Å². The van der Waals surface area contributed by atoms with Crippen LogP contribution in [0.1, 0.15) is 12.8 Å². The van der Waals surface area contributed by atoms with Crippen molar-refractivity contribution in [2.24, 2.45) is 5.92 Å². The first-order chi connectivity index (χ1) is 7.79. The van der Waals surface area contributed by atoms with Crippen LogP contribution in [0, 0.1) is 5.92 Å². The lowest BCUT2D eigenvalue weighted by Gasteiger charge is -2.09. The summed E-state index contributed by atoms with van der Waals surface area (Å²) in [5, 5.41) is 2.75. The average molecular weight is 219 g/mol. The van der Waals surface area contributed by atoms with E-state index in [9.17, 15) is 4.79 Å². The van der Waals surface area contributed by atoms with Crippen LogP contribution < -0.4 is 10.1 Å². The summed E-state index contributed by atoms with van der Waals surface area (Å²) < 4.78 is 4.95. The fourth-order valence-electron chi connectivity index (χ4n) is 1.58. The third-order valence-corrected chi connectivity index (χ3v) is 2.48. The standard InChI is InChI=1S/C11H13N3O2/c1-16-10-6-9(12-7-13-10)14-11(15)8-4-2-3-5-8/h2-3,6-8H,4-5H2,1H3,(H,12,13,14,15). The molecule has 0 fully saturated rings. The fraction of sp³-hybridized carbons (Fsp3) is 0.364. The van der Waals surface area contributed by atoms with E-state index in [0.29, 0.717) is 11.7 Å². The number of aromatic nitrogens is 2. The summed E-state index contributed by atoms with van der Waals surface area (Å²) >= 11 is 0. The van der Waals surface area contributed by atoms with Crippen molar-refractivity contribution in [1.82, 2.24) is 9.97 Å². The zero-order chi connectivity index (χ0) is 11.4. The molecule has 5 nitrogen and oxygen atoms in total. The van der Waals surface area contributed by atoms with Gasteiger partial charge in [0.25, 0.3) is 0 Å². The minimum atomic E-state index is -0.00856. The van der Waals surface area contributed by atoms with Crippen molar-refractivity contribution in [2.45, 2.75) is 12.8 Å². The summed E-state index contributed by atoms with van der Waals surface area (Å²) in [5.41, 5.74) is 0. The highest BCUT2D eigenvalue weighted by Crippen LogP contribution is 2.20. The highest BCUT2D eigenvalue weighted by Gasteiger charge is 2.19. The molecular weight excluding hydrogens is 206 g/mol. The maximum atomic E-state index is 11.8. The van der Waals surface area contributed by atoms with Gasteiger partial charge in [-0.05, 0) is 12.8 Å². The summed E-state index contributed by atoms with van der Waals surface area (Å²) in [6.45, 7) is 0. The monoisotopic (exact) mass is 219 g/mol. The van der Waals surface area contributed by atoms with Gasteiger partial charge in [-0.3, -0.25) is 4.79 Å². The van der Waals surface area contributed by atoms with Gasteiger partial charge in [-0.2, -0.15) is 0 Å². The van der Waals surface area contributed by atoms with Gasteiger partial charge in [-0.25, -0.2) is 9.97 Å². The van der Waals surface area contributed by atoms with Gasteiger partial charge in [0.05, 0.1) is 7.11 Å². The fourth-order valence-corrected chi connectivity index (χ4v) is 1.58. The number of hydrogen-bond donors (Lipinski definition) is 1. The molecule has 0 spiro atoms. The van der Waals surface area contributed by atoms with Crippen LogP contribution >= 0.6 is 0 Å². The van der Waals surface area contributed by atoms with Crippen molar-refractivity contribution in [3.63, 3.8) is 0 Å². The molecule has 0 bridgehead atoms. The number of amides is 1. The van der Waals surface area contributed by atoms with E-state index in [-0.39, 0.29) is 11.8 Å². The van der Waals surface area contributed by atoms with Gasteiger partial charge < -0.3 is 10.1 Å². The lowest BCUT2D eigenvalue weighted by atomic mass is 10.1. The number of hydrogen-bond acceptors (Lipinski definition) is 4. The van der Waals surface area contributed by atoms with Gasteiger partial charge >= 0.3 is 0 Å². The normalized spacial score (nSPS) is 15.1. The first kappa shape index (κ1) is 10.6. The molecule has 1 aromatic rings. The third-order valence-electron chi connectivity index (χ3n) is 2.48. The molecule has 0 atom stereocenters. The predicted octanol–water partition coefficient (Wildman–Crippen LogP) is 1.39. The molecule has 2 rings (SSSR count). The zero-order valence-electron chi connectivity index (χ0n) is 9.01. The maximum absolute atomic E-state index is 11.8. The molecule has 1 aromatic heterocycles. The second-order valence-corrected chi connectivity index (χ2v) is 3.57. The minimum Gasteiger partial charge on any atom is -0.481 e. The third kappa shape index (κ3) is 2.36. The van der Waals surface area contributed by atoms with Crippen molar-refractivity contribution in [3.05, 3.63) is 24.5 Å². The first-order valence-electron chi connectivity index (χ1n) is 5.11. The minimum absolute atomic E-state index is 0.00856. The predicted molar refractivity (Wildman–Crippen MR) is 59.1 cm³/mol. The Bertz CT molecular complexity index is 409. The lowest BCUT2D eigenvalue weighted by Crippen LogP contribution is -2.21. The number of rotatable bonds is 3. The smallest absolute Gasteiger partial charge is 0.229 e. The summed E-state index contributed by atoms with van der Waals surface area (Å²) in [5.74, 6) is 0.935. The zero-order valence-corrected chi connectivity index (χ0v) is 9.01. The molecule has 1 amide bonds. The van der Waals surface area contributed by atoms with Crippen LogP contribution in [0.3, 0.4) is 0 Å². The number of carbonyl (C=O) groups is 1. The first-order valence-corrected chi connectivity index (χ1v) is 5.11. The highest BCUT2D eigenvalue weighted by molar-refractivity contribution is 5.92. The number of allylic oxidation sites excluding steroid dienone is 2. The molecule has 1 heterocycles. The molecule has 1 aliphatic rings. The Labute approximate surface area is 93.6 Å². The molecule has 0 radical (unpaired) electrons. The van der Waals surface area contributed by atoms with Crippen LogP contribution in [-0.2, 0) is 4.79 Å². The van der Waals surface area contributed by atoms with Gasteiger partial charge in [-0.15, -0.1) is 0 Å². The van der Waals surface area contributed by atoms with Crippen molar-refractivity contribution < 1.29 is 9.53 Å². The topological polar surface area (TPSA) is 64.1 Å². The highest BCUT2D eigenvalue weighted by atomic mass is 16.5. The lowest BCUT2D eigenvalue weighted by molar-refractivity contribution is -0.119. The van der Waals surface area contributed by atoms with E-state index in [1.807, 2.05) is 12.2 Å². The second kappa shape index (κ2) is 4.74. The quantitative estimate of drug-likeness (QED) is 0.780. The number of carbonyl (C=O) groups excluding carboxylic acids is 1. The van der Waals surface area contributed by atoms with Gasteiger partial charge in [0, 0.05) is 12.0 Å². The molecular formula is C11H13N3O2. The van der Waals surface area contributed by atoms with Gasteiger partial charge in [0.1, 0.15) is 12.1 Å². The Morgan fingerprint density at radius 3 is 2.88 bits per heavy atom. The summed E-state index contributed by atoms with van der Waals surface area (Å²) in [4.78, 5) is 19.6. The van der Waals surface area contributed by atoms with Gasteiger partial charge in [-0.1, -0.05) is 12.2 Å². The second-order valence-electron chi connectivity index (χ2n) is 3.57.